The lowest BCUT2D eigenvalue weighted by Crippen LogP contribution is -2.36. The monoisotopic (exact) mass is 355 g/mol. The van der Waals surface area contributed by atoms with Crippen molar-refractivity contribution in [3.63, 3.8) is 0 Å². The Morgan fingerprint density at radius 3 is 2.76 bits per heavy atom. The Kier molecular flexibility index (Phi) is 4.01. The van der Waals surface area contributed by atoms with Gasteiger partial charge in [0.15, 0.2) is 0 Å². The maximum absolute atomic E-state index is 13.2. The van der Waals surface area contributed by atoms with Crippen molar-refractivity contribution in [2.24, 2.45) is 0 Å². The summed E-state index contributed by atoms with van der Waals surface area (Å²) in [7, 11) is 0. The fourth-order valence-corrected chi connectivity index (χ4v) is 3.28. The number of fused-ring (bicyclic) bond motifs is 1. The second-order valence-electron chi connectivity index (χ2n) is 5.98. The van der Waals surface area contributed by atoms with E-state index in [9.17, 15) is 9.18 Å². The van der Waals surface area contributed by atoms with Crippen molar-refractivity contribution in [2.75, 3.05) is 6.54 Å². The van der Waals surface area contributed by atoms with Crippen LogP contribution in [0.15, 0.2) is 48.5 Å². The van der Waals surface area contributed by atoms with Crippen LogP contribution in [0.2, 0.25) is 5.02 Å². The molecule has 0 fully saturated rings. The molecule has 126 valence electrons. The number of carbonyl (C=O) groups excluding carboxylic acids is 1. The maximum Gasteiger partial charge on any atom is 0.255 e. The minimum Gasteiger partial charge on any atom is -0.340 e. The summed E-state index contributed by atoms with van der Waals surface area (Å²) in [5.74, 6) is 0.148. The summed E-state index contributed by atoms with van der Waals surface area (Å²) >= 11 is 6.02. The molecule has 4 nitrogen and oxygen atoms in total. The van der Waals surface area contributed by atoms with Gasteiger partial charge in [-0.15, -0.1) is 0 Å². The molecule has 0 saturated heterocycles. The molecule has 1 aromatic heterocycles. The average molecular weight is 356 g/mol. The van der Waals surface area contributed by atoms with Gasteiger partial charge in [0.25, 0.3) is 5.91 Å². The number of H-pyrrole nitrogens is 1. The summed E-state index contributed by atoms with van der Waals surface area (Å²) in [5.41, 5.74) is 3.23. The fourth-order valence-electron chi connectivity index (χ4n) is 3.03. The predicted molar refractivity (Wildman–Crippen MR) is 93.9 cm³/mol. The van der Waals surface area contributed by atoms with Crippen LogP contribution in [0.4, 0.5) is 4.39 Å². The number of imidazole rings is 1. The van der Waals surface area contributed by atoms with Crippen LogP contribution in [-0.2, 0) is 13.0 Å². The highest BCUT2D eigenvalue weighted by molar-refractivity contribution is 6.33. The largest absolute Gasteiger partial charge is 0.340 e. The number of hydrogen-bond acceptors (Lipinski definition) is 2. The van der Waals surface area contributed by atoms with E-state index in [1.807, 2.05) is 30.3 Å². The first-order valence-electron chi connectivity index (χ1n) is 7.99. The molecule has 1 N–H and O–H groups in total. The molecule has 0 bridgehead atoms. The third kappa shape index (κ3) is 3.03. The number of carbonyl (C=O) groups is 1. The van der Waals surface area contributed by atoms with Gasteiger partial charge in [-0.25, -0.2) is 9.37 Å². The van der Waals surface area contributed by atoms with E-state index in [4.69, 9.17) is 11.6 Å². The molecule has 3 aromatic rings. The average Bonchev–Trinajstić information content (AvgIpc) is 3.05. The predicted octanol–water partition coefficient (Wildman–Crippen LogP) is 4.07. The van der Waals surface area contributed by atoms with E-state index in [0.717, 1.165) is 28.8 Å². The van der Waals surface area contributed by atoms with Crippen molar-refractivity contribution in [3.05, 3.63) is 76.3 Å². The number of rotatable bonds is 2. The Hall–Kier alpha value is -2.66. The zero-order chi connectivity index (χ0) is 17.4. The summed E-state index contributed by atoms with van der Waals surface area (Å²) in [6.07, 6.45) is 0.670. The Bertz CT molecular complexity index is 939. The van der Waals surface area contributed by atoms with Crippen LogP contribution in [-0.4, -0.2) is 27.3 Å². The van der Waals surface area contributed by atoms with Crippen LogP contribution in [0.5, 0.6) is 0 Å². The third-order valence-electron chi connectivity index (χ3n) is 4.33. The number of hydrogen-bond donors (Lipinski definition) is 1. The van der Waals surface area contributed by atoms with E-state index in [1.165, 1.54) is 12.1 Å². The van der Waals surface area contributed by atoms with Gasteiger partial charge in [-0.1, -0.05) is 41.9 Å². The van der Waals surface area contributed by atoms with E-state index in [-0.39, 0.29) is 10.9 Å². The number of aromatic amines is 1. The molecule has 4 rings (SSSR count). The minimum atomic E-state index is -0.455. The van der Waals surface area contributed by atoms with Crippen LogP contribution in [0.1, 0.15) is 21.7 Å². The van der Waals surface area contributed by atoms with Gasteiger partial charge in [0.2, 0.25) is 0 Å². The van der Waals surface area contributed by atoms with Crippen molar-refractivity contribution in [3.8, 4) is 11.4 Å². The SMILES string of the molecule is O=C(c1ccc(F)cc1Cl)N1CCc2nc(-c3ccccc3)[nH]c2C1. The first kappa shape index (κ1) is 15.8. The van der Waals surface area contributed by atoms with Crippen molar-refractivity contribution in [1.29, 1.82) is 0 Å². The molecule has 0 atom stereocenters. The van der Waals surface area contributed by atoms with Crippen LogP contribution in [0.25, 0.3) is 11.4 Å². The van der Waals surface area contributed by atoms with E-state index in [1.54, 1.807) is 4.90 Å². The molecule has 1 amide bonds. The van der Waals surface area contributed by atoms with Gasteiger partial charge in [0.05, 0.1) is 28.5 Å². The summed E-state index contributed by atoms with van der Waals surface area (Å²) in [6, 6.07) is 13.7. The number of halogens is 2. The number of amides is 1. The topological polar surface area (TPSA) is 49.0 Å². The summed E-state index contributed by atoms with van der Waals surface area (Å²) in [5, 5.41) is 0.130. The molecule has 0 spiro atoms. The second kappa shape index (κ2) is 6.33. The van der Waals surface area contributed by atoms with Crippen LogP contribution in [0.3, 0.4) is 0 Å². The fraction of sp³-hybridized carbons (Fsp3) is 0.158. The van der Waals surface area contributed by atoms with Crippen molar-refractivity contribution < 1.29 is 9.18 Å². The second-order valence-corrected chi connectivity index (χ2v) is 6.38. The first-order chi connectivity index (χ1) is 12.1. The molecule has 25 heavy (non-hydrogen) atoms. The van der Waals surface area contributed by atoms with Crippen LogP contribution < -0.4 is 0 Å². The highest BCUT2D eigenvalue weighted by atomic mass is 35.5. The van der Waals surface area contributed by atoms with E-state index in [0.29, 0.717) is 25.1 Å². The number of nitrogens with zero attached hydrogens (tertiary/aromatic N) is 2. The Morgan fingerprint density at radius 1 is 1.20 bits per heavy atom. The van der Waals surface area contributed by atoms with E-state index in [2.05, 4.69) is 9.97 Å². The molecular weight excluding hydrogens is 341 g/mol. The highest BCUT2D eigenvalue weighted by Gasteiger charge is 2.26. The lowest BCUT2D eigenvalue weighted by Gasteiger charge is -2.26. The van der Waals surface area contributed by atoms with Crippen LogP contribution in [0, 0.1) is 5.82 Å². The Morgan fingerprint density at radius 2 is 2.00 bits per heavy atom. The summed E-state index contributed by atoms with van der Waals surface area (Å²) in [6.45, 7) is 0.986. The lowest BCUT2D eigenvalue weighted by atomic mass is 10.1. The van der Waals surface area contributed by atoms with Gasteiger partial charge in [-0.3, -0.25) is 4.79 Å². The quantitative estimate of drug-likeness (QED) is 0.753. The molecule has 1 aliphatic rings. The summed E-state index contributed by atoms with van der Waals surface area (Å²) in [4.78, 5) is 22.4. The van der Waals surface area contributed by atoms with Gasteiger partial charge in [0, 0.05) is 18.5 Å². The third-order valence-corrected chi connectivity index (χ3v) is 4.64. The van der Waals surface area contributed by atoms with Gasteiger partial charge in [-0.05, 0) is 18.2 Å². The van der Waals surface area contributed by atoms with Gasteiger partial charge < -0.3 is 9.88 Å². The molecule has 1 aliphatic heterocycles. The number of benzene rings is 2. The molecule has 6 heteroatoms. The molecule has 0 unspecified atom stereocenters. The van der Waals surface area contributed by atoms with Crippen molar-refractivity contribution >= 4 is 17.5 Å². The number of aromatic nitrogens is 2. The highest BCUT2D eigenvalue weighted by Crippen LogP contribution is 2.25. The molecule has 2 heterocycles. The zero-order valence-electron chi connectivity index (χ0n) is 13.3. The number of nitrogens with one attached hydrogen (secondary N) is 1. The van der Waals surface area contributed by atoms with Crippen molar-refractivity contribution in [2.45, 2.75) is 13.0 Å². The van der Waals surface area contributed by atoms with Gasteiger partial charge in [0.1, 0.15) is 11.6 Å². The molecule has 0 saturated carbocycles. The van der Waals surface area contributed by atoms with Gasteiger partial charge in [-0.2, -0.15) is 0 Å². The molecular formula is C19H15ClFN3O. The van der Waals surface area contributed by atoms with E-state index < -0.39 is 5.82 Å². The Labute approximate surface area is 149 Å². The molecule has 2 aromatic carbocycles. The van der Waals surface area contributed by atoms with E-state index >= 15 is 0 Å². The zero-order valence-corrected chi connectivity index (χ0v) is 14.1. The van der Waals surface area contributed by atoms with Gasteiger partial charge >= 0.3 is 0 Å². The van der Waals surface area contributed by atoms with Crippen molar-refractivity contribution in [1.82, 2.24) is 14.9 Å². The standard InChI is InChI=1S/C19H15ClFN3O/c20-15-10-13(21)6-7-14(15)19(25)24-9-8-16-17(11-24)23-18(22-16)12-4-2-1-3-5-12/h1-7,10H,8-9,11H2,(H,22,23). The minimum absolute atomic E-state index is 0.130. The molecule has 0 radical (unpaired) electrons. The molecule has 0 aliphatic carbocycles. The smallest absolute Gasteiger partial charge is 0.255 e. The first-order valence-corrected chi connectivity index (χ1v) is 8.37. The lowest BCUT2D eigenvalue weighted by molar-refractivity contribution is 0.0732. The summed E-state index contributed by atoms with van der Waals surface area (Å²) < 4.78 is 13.2. The maximum atomic E-state index is 13.2. The van der Waals surface area contributed by atoms with Crippen LogP contribution >= 0.6 is 11.6 Å². The Balaban J connectivity index is 1.58. The normalized spacial score (nSPS) is 13.6.